The Bertz CT molecular complexity index is 1150. The SMILES string of the molecule is C=C(C)/C=C\C(=C/C)C(=O)c1cc(N=NC2=CC=C(CCNC(=O)C(C)C)C[C@@H]2C)c(OC)cc1O. The van der Waals surface area contributed by atoms with Crippen molar-refractivity contribution in [1.29, 1.82) is 0 Å². The number of allylic oxidation sites excluding steroid dienone is 8. The van der Waals surface area contributed by atoms with Crippen LogP contribution in [0.5, 0.6) is 11.5 Å². The minimum atomic E-state index is -0.339. The van der Waals surface area contributed by atoms with E-state index in [9.17, 15) is 14.7 Å². The Morgan fingerprint density at radius 2 is 1.97 bits per heavy atom. The topological polar surface area (TPSA) is 100 Å². The number of hydrogen-bond donors (Lipinski definition) is 2. The van der Waals surface area contributed by atoms with Crippen molar-refractivity contribution in [2.75, 3.05) is 13.7 Å². The summed E-state index contributed by atoms with van der Waals surface area (Å²) in [6, 6.07) is 2.87. The molecule has 7 heteroatoms. The van der Waals surface area contributed by atoms with Crippen molar-refractivity contribution < 1.29 is 19.4 Å². The highest BCUT2D eigenvalue weighted by Gasteiger charge is 2.19. The number of aromatic hydroxyl groups is 1. The zero-order valence-electron chi connectivity index (χ0n) is 22.1. The zero-order chi connectivity index (χ0) is 26.8. The summed E-state index contributed by atoms with van der Waals surface area (Å²) in [4.78, 5) is 24.8. The molecular weight excluding hydrogens is 454 g/mol. The number of phenolic OH excluding ortho intramolecular Hbond substituents is 1. The molecular formula is C29H37N3O4. The number of phenols is 1. The van der Waals surface area contributed by atoms with Gasteiger partial charge in [0.05, 0.1) is 18.4 Å². The van der Waals surface area contributed by atoms with Gasteiger partial charge in [-0.15, -0.1) is 5.11 Å². The summed E-state index contributed by atoms with van der Waals surface area (Å²) in [5.74, 6) is -0.0516. The predicted octanol–water partition coefficient (Wildman–Crippen LogP) is 6.76. The van der Waals surface area contributed by atoms with Crippen molar-refractivity contribution in [2.24, 2.45) is 22.1 Å². The summed E-state index contributed by atoms with van der Waals surface area (Å²) in [5.41, 5.74) is 3.72. The molecule has 0 saturated heterocycles. The average molecular weight is 492 g/mol. The molecule has 192 valence electrons. The van der Waals surface area contributed by atoms with Crippen LogP contribution < -0.4 is 10.1 Å². The second-order valence-corrected chi connectivity index (χ2v) is 9.21. The third-order valence-electron chi connectivity index (χ3n) is 5.77. The number of carbonyl (C=O) groups is 2. The molecule has 2 N–H and O–H groups in total. The molecule has 0 spiro atoms. The molecule has 0 fully saturated rings. The lowest BCUT2D eigenvalue weighted by Crippen LogP contribution is -2.28. The van der Waals surface area contributed by atoms with E-state index in [1.54, 1.807) is 25.2 Å². The maximum Gasteiger partial charge on any atom is 0.222 e. The van der Waals surface area contributed by atoms with Crippen LogP contribution in [0.2, 0.25) is 0 Å². The van der Waals surface area contributed by atoms with Gasteiger partial charge in [0, 0.05) is 30.0 Å². The summed E-state index contributed by atoms with van der Waals surface area (Å²) in [7, 11) is 1.47. The van der Waals surface area contributed by atoms with E-state index in [1.807, 2.05) is 32.9 Å². The standard InChI is InChI=1S/C29H37N3O4/c1-8-22(11-9-18(2)3)28(34)23-16-25(27(36-7)17-26(23)33)32-31-24-12-10-21(15-20(24)6)13-14-30-29(35)19(4)5/h8-12,16-17,19-20,33H,2,13-15H2,1,3-7H3,(H,30,35)/b11-9-,22-8+,32-31?/t20-/m0/s1. The Kier molecular flexibility index (Phi) is 10.6. The van der Waals surface area contributed by atoms with E-state index in [-0.39, 0.29) is 34.8 Å². The third kappa shape index (κ3) is 7.90. The summed E-state index contributed by atoms with van der Waals surface area (Å²) >= 11 is 0. The van der Waals surface area contributed by atoms with Crippen LogP contribution in [0.3, 0.4) is 0 Å². The molecule has 1 atom stereocenters. The van der Waals surface area contributed by atoms with Gasteiger partial charge >= 0.3 is 0 Å². The molecule has 36 heavy (non-hydrogen) atoms. The first-order chi connectivity index (χ1) is 17.1. The molecule has 2 rings (SSSR count). The molecule has 1 amide bonds. The first-order valence-corrected chi connectivity index (χ1v) is 12.1. The van der Waals surface area contributed by atoms with E-state index < -0.39 is 0 Å². The first kappa shape index (κ1) is 28.5. The molecule has 0 bridgehead atoms. The number of nitrogens with one attached hydrogen (secondary N) is 1. The maximum absolute atomic E-state index is 13.1. The van der Waals surface area contributed by atoms with Gasteiger partial charge in [0.15, 0.2) is 5.78 Å². The molecule has 1 aromatic rings. The molecule has 0 unspecified atom stereocenters. The van der Waals surface area contributed by atoms with E-state index in [0.29, 0.717) is 23.6 Å². The number of Topliss-reactive ketones (excluding diaryl/α,β-unsaturated/α-hetero) is 1. The number of ketones is 1. The quantitative estimate of drug-likeness (QED) is 0.155. The van der Waals surface area contributed by atoms with Gasteiger partial charge in [0.1, 0.15) is 17.2 Å². The summed E-state index contributed by atoms with van der Waals surface area (Å²) < 4.78 is 5.36. The largest absolute Gasteiger partial charge is 0.507 e. The van der Waals surface area contributed by atoms with Crippen molar-refractivity contribution in [3.8, 4) is 11.5 Å². The van der Waals surface area contributed by atoms with E-state index in [4.69, 9.17) is 4.74 Å². The minimum Gasteiger partial charge on any atom is -0.507 e. The normalized spacial score (nSPS) is 16.3. The number of hydrogen-bond acceptors (Lipinski definition) is 6. The number of rotatable bonds is 11. The second kappa shape index (κ2) is 13.4. The van der Waals surface area contributed by atoms with E-state index >= 15 is 0 Å². The molecule has 1 aromatic carbocycles. The number of azo groups is 1. The van der Waals surface area contributed by atoms with Gasteiger partial charge in [-0.2, -0.15) is 5.11 Å². The Balaban J connectivity index is 2.25. The van der Waals surface area contributed by atoms with Crippen LogP contribution in [0.1, 0.15) is 57.8 Å². The molecule has 1 aliphatic rings. The Hall–Kier alpha value is -3.74. The van der Waals surface area contributed by atoms with Gasteiger partial charge in [-0.25, -0.2) is 0 Å². The summed E-state index contributed by atoms with van der Waals surface area (Å²) in [6.45, 7) is 13.8. The van der Waals surface area contributed by atoms with Crippen LogP contribution in [-0.2, 0) is 4.79 Å². The highest BCUT2D eigenvalue weighted by molar-refractivity contribution is 6.12. The van der Waals surface area contributed by atoms with Gasteiger partial charge in [0.25, 0.3) is 0 Å². The molecule has 0 radical (unpaired) electrons. The van der Waals surface area contributed by atoms with Crippen molar-refractivity contribution >= 4 is 17.4 Å². The monoisotopic (exact) mass is 491 g/mol. The van der Waals surface area contributed by atoms with Crippen LogP contribution in [0.25, 0.3) is 0 Å². The maximum atomic E-state index is 13.1. The van der Waals surface area contributed by atoms with Gasteiger partial charge < -0.3 is 15.2 Å². The lowest BCUT2D eigenvalue weighted by molar-refractivity contribution is -0.123. The van der Waals surface area contributed by atoms with Gasteiger partial charge in [-0.1, -0.05) is 62.8 Å². The lowest BCUT2D eigenvalue weighted by atomic mass is 9.91. The van der Waals surface area contributed by atoms with E-state index in [1.165, 1.54) is 24.8 Å². The van der Waals surface area contributed by atoms with Crippen LogP contribution >= 0.6 is 0 Å². The van der Waals surface area contributed by atoms with Crippen molar-refractivity contribution in [3.63, 3.8) is 0 Å². The summed E-state index contributed by atoms with van der Waals surface area (Å²) in [5, 5.41) is 22.2. The molecule has 0 aromatic heterocycles. The lowest BCUT2D eigenvalue weighted by Gasteiger charge is -2.19. The second-order valence-electron chi connectivity index (χ2n) is 9.21. The minimum absolute atomic E-state index is 0.0266. The van der Waals surface area contributed by atoms with Crippen molar-refractivity contribution in [3.05, 3.63) is 77.1 Å². The van der Waals surface area contributed by atoms with Crippen molar-refractivity contribution in [2.45, 2.75) is 47.5 Å². The van der Waals surface area contributed by atoms with E-state index in [0.717, 1.165) is 24.1 Å². The zero-order valence-corrected chi connectivity index (χ0v) is 22.1. The first-order valence-electron chi connectivity index (χ1n) is 12.1. The number of ether oxygens (including phenoxy) is 1. The van der Waals surface area contributed by atoms with Crippen molar-refractivity contribution in [1.82, 2.24) is 5.32 Å². The predicted molar refractivity (Wildman–Crippen MR) is 144 cm³/mol. The number of amides is 1. The van der Waals surface area contributed by atoms with Crippen LogP contribution in [0.15, 0.2) is 81.7 Å². The number of carbonyl (C=O) groups excluding carboxylic acids is 2. The fourth-order valence-corrected chi connectivity index (χ4v) is 3.58. The smallest absolute Gasteiger partial charge is 0.222 e. The van der Waals surface area contributed by atoms with Crippen LogP contribution in [-0.4, -0.2) is 30.5 Å². The third-order valence-corrected chi connectivity index (χ3v) is 5.77. The Morgan fingerprint density at radius 3 is 2.56 bits per heavy atom. The fraction of sp³-hybridized carbons (Fsp3) is 0.379. The van der Waals surface area contributed by atoms with Crippen LogP contribution in [0, 0.1) is 11.8 Å². The number of nitrogens with zero attached hydrogens (tertiary/aromatic N) is 2. The molecule has 1 aliphatic carbocycles. The average Bonchev–Trinajstić information content (AvgIpc) is 2.83. The molecule has 7 nitrogen and oxygen atoms in total. The van der Waals surface area contributed by atoms with E-state index in [2.05, 4.69) is 29.0 Å². The fourth-order valence-electron chi connectivity index (χ4n) is 3.58. The van der Waals surface area contributed by atoms with Crippen LogP contribution in [0.4, 0.5) is 5.69 Å². The van der Waals surface area contributed by atoms with Gasteiger partial charge in [0.2, 0.25) is 5.91 Å². The highest BCUT2D eigenvalue weighted by Crippen LogP contribution is 2.37. The molecule has 0 aliphatic heterocycles. The number of benzene rings is 1. The Labute approximate surface area is 214 Å². The highest BCUT2D eigenvalue weighted by atomic mass is 16.5. The Morgan fingerprint density at radius 1 is 1.25 bits per heavy atom. The van der Waals surface area contributed by atoms with Gasteiger partial charge in [-0.05, 0) is 38.8 Å². The number of methoxy groups -OCH3 is 1. The molecule has 0 heterocycles. The van der Waals surface area contributed by atoms with Gasteiger partial charge in [-0.3, -0.25) is 9.59 Å². The summed E-state index contributed by atoms with van der Waals surface area (Å²) in [6.07, 6.45) is 10.6. The molecule has 0 saturated carbocycles.